The van der Waals surface area contributed by atoms with E-state index >= 15 is 0 Å². The van der Waals surface area contributed by atoms with Gasteiger partial charge < -0.3 is 19.9 Å². The fourth-order valence-electron chi connectivity index (χ4n) is 2.28. The molecule has 0 unspecified atom stereocenters. The summed E-state index contributed by atoms with van der Waals surface area (Å²) < 4.78 is 11.3. The molecule has 1 aliphatic heterocycles. The van der Waals surface area contributed by atoms with Crippen molar-refractivity contribution >= 4 is 0 Å². The quantitative estimate of drug-likeness (QED) is 0.907. The molecule has 2 aromatic carbocycles. The number of aromatic hydroxyl groups is 1. The predicted octanol–water partition coefficient (Wildman–Crippen LogP) is 2.84. The fourth-order valence-corrected chi connectivity index (χ4v) is 2.28. The van der Waals surface area contributed by atoms with E-state index in [0.29, 0.717) is 19.0 Å². The van der Waals surface area contributed by atoms with Crippen molar-refractivity contribution in [2.24, 2.45) is 0 Å². The summed E-state index contributed by atoms with van der Waals surface area (Å²) in [5.41, 5.74) is 2.31. The summed E-state index contributed by atoms with van der Waals surface area (Å²) in [6.07, 6.45) is 0.920. The number of nitrogens with one attached hydrogen (secondary N) is 1. The molecule has 0 aromatic heterocycles. The fraction of sp³-hybridized carbons (Fsp3) is 0.294. The van der Waals surface area contributed by atoms with E-state index in [1.807, 2.05) is 24.3 Å². The molecule has 1 aliphatic rings. The van der Waals surface area contributed by atoms with Crippen molar-refractivity contribution in [3.8, 4) is 17.2 Å². The van der Waals surface area contributed by atoms with Crippen LogP contribution in [-0.4, -0.2) is 18.3 Å². The van der Waals surface area contributed by atoms with Gasteiger partial charge in [-0.15, -0.1) is 0 Å². The van der Waals surface area contributed by atoms with Crippen molar-refractivity contribution in [1.82, 2.24) is 5.32 Å². The molecule has 0 fully saturated rings. The van der Waals surface area contributed by atoms with E-state index in [0.717, 1.165) is 42.1 Å². The highest BCUT2D eigenvalue weighted by atomic mass is 16.5. The lowest BCUT2D eigenvalue weighted by Gasteiger charge is -2.10. The third kappa shape index (κ3) is 3.67. The van der Waals surface area contributed by atoms with Crippen LogP contribution in [0.1, 0.15) is 17.5 Å². The van der Waals surface area contributed by atoms with Gasteiger partial charge in [0.2, 0.25) is 0 Å². The molecule has 0 aliphatic carbocycles. The minimum atomic E-state index is 0.293. The van der Waals surface area contributed by atoms with Crippen LogP contribution in [0.15, 0.2) is 42.5 Å². The van der Waals surface area contributed by atoms with Crippen molar-refractivity contribution in [3.63, 3.8) is 0 Å². The molecule has 0 saturated carbocycles. The zero-order valence-corrected chi connectivity index (χ0v) is 11.8. The first-order valence-electron chi connectivity index (χ1n) is 7.18. The van der Waals surface area contributed by atoms with Crippen molar-refractivity contribution in [2.45, 2.75) is 19.5 Å². The number of fused-ring (bicyclic) bond motifs is 1. The van der Waals surface area contributed by atoms with E-state index in [1.165, 1.54) is 0 Å². The largest absolute Gasteiger partial charge is 0.508 e. The second-order valence-corrected chi connectivity index (χ2v) is 5.10. The first-order valence-corrected chi connectivity index (χ1v) is 7.18. The maximum absolute atomic E-state index is 9.25. The molecule has 21 heavy (non-hydrogen) atoms. The van der Waals surface area contributed by atoms with Gasteiger partial charge in [-0.2, -0.15) is 0 Å². The predicted molar refractivity (Wildman–Crippen MR) is 80.7 cm³/mol. The van der Waals surface area contributed by atoms with Crippen LogP contribution in [-0.2, 0) is 13.1 Å². The van der Waals surface area contributed by atoms with Crippen molar-refractivity contribution in [1.29, 1.82) is 0 Å². The summed E-state index contributed by atoms with van der Waals surface area (Å²) in [7, 11) is 0. The van der Waals surface area contributed by atoms with Gasteiger partial charge in [0, 0.05) is 19.5 Å². The standard InChI is InChI=1S/C17H19NO3/c19-15-5-2-13(3-6-15)11-18-12-14-4-7-16-17(10-14)21-9-1-8-20-16/h2-7,10,18-19H,1,8-9,11-12H2. The lowest BCUT2D eigenvalue weighted by Crippen LogP contribution is -2.12. The van der Waals surface area contributed by atoms with Crippen LogP contribution in [0.4, 0.5) is 0 Å². The van der Waals surface area contributed by atoms with Gasteiger partial charge in [0.15, 0.2) is 11.5 Å². The maximum atomic E-state index is 9.25. The van der Waals surface area contributed by atoms with Gasteiger partial charge in [0.1, 0.15) is 5.75 Å². The summed E-state index contributed by atoms with van der Waals surface area (Å²) in [6.45, 7) is 2.94. The number of benzene rings is 2. The highest BCUT2D eigenvalue weighted by Crippen LogP contribution is 2.30. The number of phenolic OH excluding ortho intramolecular Hbond substituents is 1. The molecule has 2 N–H and O–H groups in total. The van der Waals surface area contributed by atoms with Crippen LogP contribution in [0.5, 0.6) is 17.2 Å². The van der Waals surface area contributed by atoms with Gasteiger partial charge in [-0.3, -0.25) is 0 Å². The lowest BCUT2D eigenvalue weighted by atomic mass is 10.2. The van der Waals surface area contributed by atoms with Gasteiger partial charge in [0.25, 0.3) is 0 Å². The van der Waals surface area contributed by atoms with E-state index in [9.17, 15) is 5.11 Å². The van der Waals surface area contributed by atoms with E-state index < -0.39 is 0 Å². The summed E-state index contributed by atoms with van der Waals surface area (Å²) in [5, 5.41) is 12.6. The Bertz CT molecular complexity index is 595. The Morgan fingerprint density at radius 2 is 1.52 bits per heavy atom. The summed E-state index contributed by atoms with van der Waals surface area (Å²) in [4.78, 5) is 0. The summed E-state index contributed by atoms with van der Waals surface area (Å²) in [6, 6.07) is 13.3. The van der Waals surface area contributed by atoms with Crippen LogP contribution in [0.25, 0.3) is 0 Å². The Hall–Kier alpha value is -2.20. The minimum Gasteiger partial charge on any atom is -0.508 e. The Morgan fingerprint density at radius 1 is 0.857 bits per heavy atom. The zero-order chi connectivity index (χ0) is 14.5. The van der Waals surface area contributed by atoms with Crippen LogP contribution < -0.4 is 14.8 Å². The third-order valence-electron chi connectivity index (χ3n) is 3.41. The van der Waals surface area contributed by atoms with E-state index in [-0.39, 0.29) is 0 Å². The van der Waals surface area contributed by atoms with Gasteiger partial charge in [-0.25, -0.2) is 0 Å². The maximum Gasteiger partial charge on any atom is 0.161 e. The smallest absolute Gasteiger partial charge is 0.161 e. The zero-order valence-electron chi connectivity index (χ0n) is 11.8. The number of hydrogen-bond acceptors (Lipinski definition) is 4. The SMILES string of the molecule is Oc1ccc(CNCc2ccc3c(c2)OCCCO3)cc1. The number of phenols is 1. The molecule has 4 heteroatoms. The molecule has 0 spiro atoms. The molecule has 3 rings (SSSR count). The molecule has 4 nitrogen and oxygen atoms in total. The average molecular weight is 285 g/mol. The Kier molecular flexibility index (Phi) is 4.26. The van der Waals surface area contributed by atoms with Gasteiger partial charge >= 0.3 is 0 Å². The minimum absolute atomic E-state index is 0.293. The summed E-state index contributed by atoms with van der Waals surface area (Å²) >= 11 is 0. The van der Waals surface area contributed by atoms with Crippen LogP contribution in [0, 0.1) is 0 Å². The van der Waals surface area contributed by atoms with Crippen molar-refractivity contribution in [3.05, 3.63) is 53.6 Å². The first-order chi connectivity index (χ1) is 10.3. The van der Waals surface area contributed by atoms with Gasteiger partial charge in [-0.1, -0.05) is 18.2 Å². The van der Waals surface area contributed by atoms with E-state index in [2.05, 4.69) is 11.4 Å². The van der Waals surface area contributed by atoms with E-state index in [1.54, 1.807) is 12.1 Å². The topological polar surface area (TPSA) is 50.7 Å². The van der Waals surface area contributed by atoms with E-state index in [4.69, 9.17) is 9.47 Å². The Labute approximate surface area is 124 Å². The third-order valence-corrected chi connectivity index (χ3v) is 3.41. The normalized spacial score (nSPS) is 13.7. The molecule has 0 saturated heterocycles. The van der Waals surface area contributed by atoms with Gasteiger partial charge in [0.05, 0.1) is 13.2 Å². The molecule has 2 aromatic rings. The first kappa shape index (κ1) is 13.8. The molecule has 110 valence electrons. The summed E-state index contributed by atoms with van der Waals surface area (Å²) in [5.74, 6) is 1.95. The molecule has 0 bridgehead atoms. The van der Waals surface area contributed by atoms with Gasteiger partial charge in [-0.05, 0) is 35.4 Å². The highest BCUT2D eigenvalue weighted by Gasteiger charge is 2.10. The number of rotatable bonds is 4. The lowest BCUT2D eigenvalue weighted by molar-refractivity contribution is 0.297. The Morgan fingerprint density at radius 3 is 2.33 bits per heavy atom. The monoisotopic (exact) mass is 285 g/mol. The van der Waals surface area contributed by atoms with Crippen LogP contribution in [0.2, 0.25) is 0 Å². The van der Waals surface area contributed by atoms with Crippen LogP contribution >= 0.6 is 0 Å². The number of hydrogen-bond donors (Lipinski definition) is 2. The second kappa shape index (κ2) is 6.50. The molecular formula is C17H19NO3. The average Bonchev–Trinajstić information content (AvgIpc) is 2.74. The highest BCUT2D eigenvalue weighted by molar-refractivity contribution is 5.43. The molecule has 0 radical (unpaired) electrons. The molecule has 0 atom stereocenters. The second-order valence-electron chi connectivity index (χ2n) is 5.10. The Balaban J connectivity index is 1.58. The molecule has 1 heterocycles. The van der Waals surface area contributed by atoms with Crippen molar-refractivity contribution in [2.75, 3.05) is 13.2 Å². The van der Waals surface area contributed by atoms with Crippen molar-refractivity contribution < 1.29 is 14.6 Å². The van der Waals surface area contributed by atoms with Crippen LogP contribution in [0.3, 0.4) is 0 Å². The molecular weight excluding hydrogens is 266 g/mol. The molecule has 0 amide bonds. The number of ether oxygens (including phenoxy) is 2.